The third-order valence-electron chi connectivity index (χ3n) is 4.65. The Hall–Kier alpha value is -0.0400. The number of rotatable bonds is 9. The Bertz CT molecular complexity index is 186. The highest BCUT2D eigenvalue weighted by atomic mass is 15.1. The lowest BCUT2D eigenvalue weighted by Crippen LogP contribution is -2.35. The lowest BCUT2D eigenvalue weighted by Gasteiger charge is -2.37. The SMILES string of the molecule is CCCCCC(C)C(C)(C)CC(C)N(C)CC. The third kappa shape index (κ3) is 6.45. The Labute approximate surface area is 110 Å². The van der Waals surface area contributed by atoms with Crippen LogP contribution in [0, 0.1) is 11.3 Å². The molecule has 0 rings (SSSR count). The van der Waals surface area contributed by atoms with Crippen molar-refractivity contribution in [1.82, 2.24) is 4.90 Å². The van der Waals surface area contributed by atoms with E-state index in [1.165, 1.54) is 32.1 Å². The molecule has 0 N–H and O–H groups in total. The molecule has 0 radical (unpaired) electrons. The Morgan fingerprint density at radius 3 is 2.12 bits per heavy atom. The van der Waals surface area contributed by atoms with Gasteiger partial charge in [0, 0.05) is 6.04 Å². The van der Waals surface area contributed by atoms with Gasteiger partial charge in [0.1, 0.15) is 0 Å². The predicted molar refractivity (Wildman–Crippen MR) is 79.5 cm³/mol. The zero-order valence-corrected chi connectivity index (χ0v) is 13.3. The van der Waals surface area contributed by atoms with Crippen LogP contribution in [0.2, 0.25) is 0 Å². The summed E-state index contributed by atoms with van der Waals surface area (Å²) in [4.78, 5) is 2.46. The van der Waals surface area contributed by atoms with Crippen molar-refractivity contribution in [1.29, 1.82) is 0 Å². The van der Waals surface area contributed by atoms with Gasteiger partial charge in [-0.2, -0.15) is 0 Å². The molecule has 17 heavy (non-hydrogen) atoms. The molecule has 0 amide bonds. The minimum atomic E-state index is 0.469. The maximum Gasteiger partial charge on any atom is 0.00689 e. The molecular weight excluding hydrogens is 206 g/mol. The second-order valence-electron chi connectivity index (χ2n) is 6.51. The summed E-state index contributed by atoms with van der Waals surface area (Å²) in [6.07, 6.45) is 6.83. The fraction of sp³-hybridized carbons (Fsp3) is 1.00. The van der Waals surface area contributed by atoms with Crippen LogP contribution in [0.25, 0.3) is 0 Å². The molecular formula is C16H35N. The Morgan fingerprint density at radius 2 is 1.65 bits per heavy atom. The second kappa shape index (κ2) is 8.13. The van der Waals surface area contributed by atoms with E-state index >= 15 is 0 Å². The van der Waals surface area contributed by atoms with Crippen LogP contribution in [0.4, 0.5) is 0 Å². The number of hydrogen-bond acceptors (Lipinski definition) is 1. The lowest BCUT2D eigenvalue weighted by molar-refractivity contribution is 0.131. The molecule has 0 spiro atoms. The molecule has 0 aliphatic heterocycles. The third-order valence-corrected chi connectivity index (χ3v) is 4.65. The highest BCUT2D eigenvalue weighted by Gasteiger charge is 2.28. The minimum absolute atomic E-state index is 0.469. The highest BCUT2D eigenvalue weighted by molar-refractivity contribution is 4.80. The van der Waals surface area contributed by atoms with Crippen LogP contribution >= 0.6 is 0 Å². The fourth-order valence-electron chi connectivity index (χ4n) is 2.52. The average Bonchev–Trinajstić information content (AvgIpc) is 2.27. The molecule has 0 aromatic rings. The summed E-state index contributed by atoms with van der Waals surface area (Å²) in [5.74, 6) is 0.835. The fourth-order valence-corrected chi connectivity index (χ4v) is 2.52. The number of unbranched alkanes of at least 4 members (excludes halogenated alkanes) is 2. The van der Waals surface area contributed by atoms with Gasteiger partial charge in [-0.15, -0.1) is 0 Å². The van der Waals surface area contributed by atoms with Crippen molar-refractivity contribution >= 4 is 0 Å². The van der Waals surface area contributed by atoms with Crippen LogP contribution in [0.3, 0.4) is 0 Å². The molecule has 0 aromatic heterocycles. The monoisotopic (exact) mass is 241 g/mol. The quantitative estimate of drug-likeness (QED) is 0.516. The Kier molecular flexibility index (Phi) is 8.11. The van der Waals surface area contributed by atoms with Gasteiger partial charge in [-0.1, -0.05) is 60.3 Å². The zero-order valence-electron chi connectivity index (χ0n) is 13.3. The van der Waals surface area contributed by atoms with Gasteiger partial charge in [-0.3, -0.25) is 0 Å². The molecule has 1 nitrogen and oxygen atoms in total. The van der Waals surface area contributed by atoms with Gasteiger partial charge in [0.05, 0.1) is 0 Å². The summed E-state index contributed by atoms with van der Waals surface area (Å²) >= 11 is 0. The minimum Gasteiger partial charge on any atom is -0.304 e. The maximum atomic E-state index is 2.46. The first-order chi connectivity index (χ1) is 7.85. The summed E-state index contributed by atoms with van der Waals surface area (Å²) in [5.41, 5.74) is 0.469. The van der Waals surface area contributed by atoms with Crippen LogP contribution in [0.5, 0.6) is 0 Å². The van der Waals surface area contributed by atoms with Crippen molar-refractivity contribution in [2.45, 2.75) is 79.7 Å². The van der Waals surface area contributed by atoms with E-state index in [0.29, 0.717) is 11.5 Å². The molecule has 1 heteroatoms. The van der Waals surface area contributed by atoms with Crippen molar-refractivity contribution in [3.8, 4) is 0 Å². The van der Waals surface area contributed by atoms with E-state index in [1.807, 2.05) is 0 Å². The zero-order chi connectivity index (χ0) is 13.5. The van der Waals surface area contributed by atoms with E-state index in [9.17, 15) is 0 Å². The van der Waals surface area contributed by atoms with Gasteiger partial charge in [0.25, 0.3) is 0 Å². The van der Waals surface area contributed by atoms with E-state index in [1.54, 1.807) is 0 Å². The van der Waals surface area contributed by atoms with Gasteiger partial charge in [-0.25, -0.2) is 0 Å². The summed E-state index contributed by atoms with van der Waals surface area (Å²) in [6.45, 7) is 15.4. The smallest absolute Gasteiger partial charge is 0.00689 e. The van der Waals surface area contributed by atoms with E-state index in [-0.39, 0.29) is 0 Å². The second-order valence-corrected chi connectivity index (χ2v) is 6.51. The van der Waals surface area contributed by atoms with Crippen molar-refractivity contribution in [2.24, 2.45) is 11.3 Å². The molecule has 0 aliphatic carbocycles. The van der Waals surface area contributed by atoms with Gasteiger partial charge >= 0.3 is 0 Å². The molecule has 0 aliphatic rings. The van der Waals surface area contributed by atoms with Crippen molar-refractivity contribution < 1.29 is 0 Å². The normalized spacial score (nSPS) is 16.2. The highest BCUT2D eigenvalue weighted by Crippen LogP contribution is 2.35. The maximum absolute atomic E-state index is 2.46. The van der Waals surface area contributed by atoms with Gasteiger partial charge in [-0.05, 0) is 38.3 Å². The van der Waals surface area contributed by atoms with Crippen LogP contribution in [-0.2, 0) is 0 Å². The van der Waals surface area contributed by atoms with E-state index in [2.05, 4.69) is 53.5 Å². The summed E-state index contributed by atoms with van der Waals surface area (Å²) in [6, 6.07) is 0.698. The van der Waals surface area contributed by atoms with Gasteiger partial charge in [0.15, 0.2) is 0 Å². The Balaban J connectivity index is 4.15. The van der Waals surface area contributed by atoms with E-state index in [0.717, 1.165) is 12.5 Å². The number of hydrogen-bond donors (Lipinski definition) is 0. The molecule has 0 aromatic carbocycles. The summed E-state index contributed by atoms with van der Waals surface area (Å²) in [7, 11) is 2.24. The van der Waals surface area contributed by atoms with Crippen LogP contribution < -0.4 is 0 Å². The van der Waals surface area contributed by atoms with Crippen molar-refractivity contribution in [2.75, 3.05) is 13.6 Å². The number of nitrogens with zero attached hydrogens (tertiary/aromatic N) is 1. The standard InChI is InChI=1S/C16H35N/c1-8-10-11-12-14(3)16(5,6)13-15(4)17(7)9-2/h14-15H,8-13H2,1-7H3. The largest absolute Gasteiger partial charge is 0.304 e. The first-order valence-electron chi connectivity index (χ1n) is 7.55. The van der Waals surface area contributed by atoms with Crippen molar-refractivity contribution in [3.63, 3.8) is 0 Å². The Morgan fingerprint density at radius 1 is 1.06 bits per heavy atom. The molecule has 2 atom stereocenters. The first-order valence-corrected chi connectivity index (χ1v) is 7.55. The summed E-state index contributed by atoms with van der Waals surface area (Å²) in [5, 5.41) is 0. The van der Waals surface area contributed by atoms with Crippen LogP contribution in [0.1, 0.15) is 73.6 Å². The van der Waals surface area contributed by atoms with Gasteiger partial charge < -0.3 is 4.90 Å². The van der Waals surface area contributed by atoms with E-state index < -0.39 is 0 Å². The molecule has 0 bridgehead atoms. The summed E-state index contributed by atoms with van der Waals surface area (Å²) < 4.78 is 0. The van der Waals surface area contributed by atoms with Gasteiger partial charge in [0.2, 0.25) is 0 Å². The molecule has 0 saturated heterocycles. The average molecular weight is 241 g/mol. The van der Waals surface area contributed by atoms with Crippen LogP contribution in [0.15, 0.2) is 0 Å². The van der Waals surface area contributed by atoms with Crippen molar-refractivity contribution in [3.05, 3.63) is 0 Å². The molecule has 2 unspecified atom stereocenters. The first kappa shape index (κ1) is 17.0. The topological polar surface area (TPSA) is 3.24 Å². The predicted octanol–water partition coefficient (Wildman–Crippen LogP) is 4.96. The molecule has 0 heterocycles. The van der Waals surface area contributed by atoms with E-state index in [4.69, 9.17) is 0 Å². The molecule has 0 fully saturated rings. The molecule has 104 valence electrons. The molecule has 0 saturated carbocycles. The van der Waals surface area contributed by atoms with Crippen LogP contribution in [-0.4, -0.2) is 24.5 Å². The lowest BCUT2D eigenvalue weighted by atomic mass is 9.73.